The number of aromatic nitrogens is 3. The van der Waals surface area contributed by atoms with E-state index >= 15 is 0 Å². The van der Waals surface area contributed by atoms with Gasteiger partial charge in [0.05, 0.1) is 0 Å². The molecule has 0 aliphatic rings. The Bertz CT molecular complexity index is 460. The Hall–Kier alpha value is -0.900. The number of hydrogen-bond acceptors (Lipinski definition) is 4. The Balaban J connectivity index is 0.00000576. The van der Waals surface area contributed by atoms with Crippen LogP contribution in [-0.2, 0) is 13.0 Å². The Kier molecular flexibility index (Phi) is 14.8. The summed E-state index contributed by atoms with van der Waals surface area (Å²) in [4.78, 5) is 6.52. The van der Waals surface area contributed by atoms with Crippen LogP contribution in [0.25, 0.3) is 0 Å². The third-order valence-corrected chi connectivity index (χ3v) is 3.96. The second-order valence-corrected chi connectivity index (χ2v) is 6.29. The van der Waals surface area contributed by atoms with Gasteiger partial charge in [-0.15, -0.1) is 34.2 Å². The summed E-state index contributed by atoms with van der Waals surface area (Å²) in [5.74, 6) is 1.89. The summed E-state index contributed by atoms with van der Waals surface area (Å²) in [6, 6.07) is 0. The van der Waals surface area contributed by atoms with Gasteiger partial charge in [0, 0.05) is 33.1 Å². The molecular formula is C17H36IN7. The highest BCUT2D eigenvalue weighted by atomic mass is 127. The van der Waals surface area contributed by atoms with Gasteiger partial charge >= 0.3 is 0 Å². The topological polar surface area (TPSA) is 70.4 Å². The minimum atomic E-state index is 0. The summed E-state index contributed by atoms with van der Waals surface area (Å²) >= 11 is 0. The van der Waals surface area contributed by atoms with E-state index in [4.69, 9.17) is 0 Å². The lowest BCUT2D eigenvalue weighted by molar-refractivity contribution is 0.389. The van der Waals surface area contributed by atoms with E-state index in [1.807, 2.05) is 7.05 Å². The number of nitrogens with zero attached hydrogens (tertiary/aromatic N) is 5. The zero-order valence-electron chi connectivity index (χ0n) is 16.3. The third-order valence-electron chi connectivity index (χ3n) is 3.96. The van der Waals surface area contributed by atoms with E-state index in [-0.39, 0.29) is 24.0 Å². The van der Waals surface area contributed by atoms with Crippen molar-refractivity contribution in [3.8, 4) is 0 Å². The molecule has 0 saturated heterocycles. The highest BCUT2D eigenvalue weighted by molar-refractivity contribution is 14.0. The molecular weight excluding hydrogens is 429 g/mol. The number of nitrogens with one attached hydrogen (secondary N) is 2. The number of aliphatic imine (C=N–C) groups is 1. The van der Waals surface area contributed by atoms with Crippen LogP contribution in [0.2, 0.25) is 0 Å². The van der Waals surface area contributed by atoms with Crippen LogP contribution in [0.4, 0.5) is 0 Å². The number of hydrogen-bond donors (Lipinski definition) is 2. The average molecular weight is 465 g/mol. The van der Waals surface area contributed by atoms with Gasteiger partial charge in [-0.3, -0.25) is 4.99 Å². The van der Waals surface area contributed by atoms with Gasteiger partial charge in [0.1, 0.15) is 12.2 Å². The van der Waals surface area contributed by atoms with Crippen LogP contribution in [0.5, 0.6) is 0 Å². The van der Waals surface area contributed by atoms with E-state index in [0.717, 1.165) is 37.8 Å². The highest BCUT2D eigenvalue weighted by Crippen LogP contribution is 2.02. The summed E-state index contributed by atoms with van der Waals surface area (Å²) in [7, 11) is 6.08. The molecule has 0 unspecified atom stereocenters. The Morgan fingerprint density at radius 3 is 2.48 bits per heavy atom. The van der Waals surface area contributed by atoms with Crippen LogP contribution >= 0.6 is 24.0 Å². The minimum absolute atomic E-state index is 0. The van der Waals surface area contributed by atoms with Crippen LogP contribution in [0.1, 0.15) is 44.9 Å². The molecule has 1 aromatic rings. The summed E-state index contributed by atoms with van der Waals surface area (Å²) in [6.07, 6.45) is 9.09. The molecule has 0 saturated carbocycles. The fourth-order valence-electron chi connectivity index (χ4n) is 2.54. The van der Waals surface area contributed by atoms with E-state index in [0.29, 0.717) is 0 Å². The normalized spacial score (nSPS) is 11.5. The molecule has 8 heteroatoms. The lowest BCUT2D eigenvalue weighted by atomic mass is 10.1. The Labute approximate surface area is 170 Å². The van der Waals surface area contributed by atoms with Crippen molar-refractivity contribution < 1.29 is 0 Å². The first-order valence-electron chi connectivity index (χ1n) is 9.13. The van der Waals surface area contributed by atoms with E-state index in [2.05, 4.69) is 56.3 Å². The molecule has 2 N–H and O–H groups in total. The molecule has 25 heavy (non-hydrogen) atoms. The first-order valence-corrected chi connectivity index (χ1v) is 9.13. The molecule has 0 radical (unpaired) electrons. The number of rotatable bonds is 12. The van der Waals surface area contributed by atoms with Crippen LogP contribution in [0.15, 0.2) is 11.3 Å². The van der Waals surface area contributed by atoms with Gasteiger partial charge in [0.15, 0.2) is 5.96 Å². The van der Waals surface area contributed by atoms with Gasteiger partial charge in [-0.2, -0.15) is 0 Å². The second-order valence-electron chi connectivity index (χ2n) is 6.29. The predicted octanol–water partition coefficient (Wildman–Crippen LogP) is 2.14. The summed E-state index contributed by atoms with van der Waals surface area (Å²) in [5, 5.41) is 14.8. The summed E-state index contributed by atoms with van der Waals surface area (Å²) < 4.78 is 2.08. The molecule has 7 nitrogen and oxygen atoms in total. The van der Waals surface area contributed by atoms with Gasteiger partial charge in [0.25, 0.3) is 0 Å². The zero-order valence-corrected chi connectivity index (χ0v) is 18.6. The molecule has 0 aromatic carbocycles. The lowest BCUT2D eigenvalue weighted by Crippen LogP contribution is -2.39. The second kappa shape index (κ2) is 15.4. The largest absolute Gasteiger partial charge is 0.356 e. The molecule has 146 valence electrons. The number of guanidine groups is 1. The molecule has 0 fully saturated rings. The van der Waals surface area contributed by atoms with Crippen molar-refractivity contribution in [1.82, 2.24) is 30.3 Å². The van der Waals surface area contributed by atoms with Crippen molar-refractivity contribution in [2.75, 3.05) is 40.8 Å². The summed E-state index contributed by atoms with van der Waals surface area (Å²) in [6.45, 7) is 5.92. The maximum Gasteiger partial charge on any atom is 0.191 e. The molecule has 0 bridgehead atoms. The number of unbranched alkanes of at least 4 members (excludes halogenated alkanes) is 4. The van der Waals surface area contributed by atoms with Crippen molar-refractivity contribution in [2.45, 2.75) is 52.0 Å². The average Bonchev–Trinajstić information content (AvgIpc) is 3.02. The third kappa shape index (κ3) is 11.4. The van der Waals surface area contributed by atoms with Gasteiger partial charge in [-0.25, -0.2) is 0 Å². The van der Waals surface area contributed by atoms with Gasteiger partial charge in [0.2, 0.25) is 0 Å². The zero-order chi connectivity index (χ0) is 17.6. The molecule has 1 heterocycles. The molecule has 1 aromatic heterocycles. The quantitative estimate of drug-likeness (QED) is 0.214. The lowest BCUT2D eigenvalue weighted by Gasteiger charge is -2.12. The number of halogens is 1. The van der Waals surface area contributed by atoms with Crippen molar-refractivity contribution >= 4 is 29.9 Å². The standard InChI is InChI=1S/C17H35N7.HI/c1-5-16-22-21-15-24(16)14-12-20-17(18-2)19-11-9-7-6-8-10-13-23(3)4;/h15H,5-14H2,1-4H3,(H2,18,19,20);1H. The molecule has 0 aliphatic carbocycles. The molecule has 0 atom stereocenters. The SMILES string of the molecule is CCc1nncn1CCNC(=NC)NCCCCCCCN(C)C.I. The van der Waals surface area contributed by atoms with Crippen molar-refractivity contribution in [2.24, 2.45) is 4.99 Å². The van der Waals surface area contributed by atoms with Crippen molar-refractivity contribution in [3.05, 3.63) is 12.2 Å². The number of aryl methyl sites for hydroxylation is 1. The van der Waals surface area contributed by atoms with E-state index in [1.54, 1.807) is 6.33 Å². The molecule has 0 amide bonds. The van der Waals surface area contributed by atoms with Gasteiger partial charge in [-0.1, -0.05) is 26.2 Å². The van der Waals surface area contributed by atoms with E-state index in [1.165, 1.54) is 38.6 Å². The fraction of sp³-hybridized carbons (Fsp3) is 0.824. The van der Waals surface area contributed by atoms with Gasteiger partial charge in [-0.05, 0) is 33.5 Å². The van der Waals surface area contributed by atoms with Crippen molar-refractivity contribution in [3.63, 3.8) is 0 Å². The van der Waals surface area contributed by atoms with Crippen LogP contribution in [0.3, 0.4) is 0 Å². The Morgan fingerprint density at radius 1 is 1.12 bits per heavy atom. The minimum Gasteiger partial charge on any atom is -0.356 e. The summed E-state index contributed by atoms with van der Waals surface area (Å²) in [5.41, 5.74) is 0. The monoisotopic (exact) mass is 465 g/mol. The first kappa shape index (κ1) is 24.1. The highest BCUT2D eigenvalue weighted by Gasteiger charge is 2.02. The maximum absolute atomic E-state index is 4.26. The predicted molar refractivity (Wildman–Crippen MR) is 116 cm³/mol. The van der Waals surface area contributed by atoms with Crippen LogP contribution < -0.4 is 10.6 Å². The molecule has 0 spiro atoms. The smallest absolute Gasteiger partial charge is 0.191 e. The van der Waals surface area contributed by atoms with Gasteiger partial charge < -0.3 is 20.1 Å². The first-order chi connectivity index (χ1) is 11.7. The fourth-order valence-corrected chi connectivity index (χ4v) is 2.54. The van der Waals surface area contributed by atoms with E-state index in [9.17, 15) is 0 Å². The molecule has 1 rings (SSSR count). The van der Waals surface area contributed by atoms with Crippen LogP contribution in [-0.4, -0.2) is 66.4 Å². The Morgan fingerprint density at radius 2 is 1.80 bits per heavy atom. The van der Waals surface area contributed by atoms with Crippen molar-refractivity contribution in [1.29, 1.82) is 0 Å². The van der Waals surface area contributed by atoms with Crippen LogP contribution in [0, 0.1) is 0 Å². The maximum atomic E-state index is 4.26. The molecule has 0 aliphatic heterocycles. The van der Waals surface area contributed by atoms with E-state index < -0.39 is 0 Å².